The highest BCUT2D eigenvalue weighted by atomic mass is 16.5. The molecule has 0 fully saturated rings. The van der Waals surface area contributed by atoms with Crippen LogP contribution in [0.2, 0.25) is 0 Å². The molecule has 100 valence electrons. The molecule has 0 spiro atoms. The third-order valence-electron chi connectivity index (χ3n) is 3.01. The van der Waals surface area contributed by atoms with E-state index in [0.717, 1.165) is 23.3 Å². The average molecular weight is 256 g/mol. The normalized spacial score (nSPS) is 12.1. The van der Waals surface area contributed by atoms with Gasteiger partial charge in [0.25, 0.3) is 0 Å². The van der Waals surface area contributed by atoms with Crippen LogP contribution in [0.4, 0.5) is 0 Å². The Bertz CT molecular complexity index is 494. The van der Waals surface area contributed by atoms with Gasteiger partial charge in [-0.2, -0.15) is 0 Å². The summed E-state index contributed by atoms with van der Waals surface area (Å²) >= 11 is 0. The Kier molecular flexibility index (Phi) is 4.99. The standard InChI is InChI=1S/C17H20O2/c1-2-12-19-17-11-7-6-10-15(17)16(18)13-14-8-4-3-5-9-14/h3-11,16,18H,2,12-13H2,1H3. The number of hydrogen-bond donors (Lipinski definition) is 1. The first-order chi connectivity index (χ1) is 9.31. The summed E-state index contributed by atoms with van der Waals surface area (Å²) in [6, 6.07) is 17.7. The van der Waals surface area contributed by atoms with E-state index in [1.807, 2.05) is 54.6 Å². The summed E-state index contributed by atoms with van der Waals surface area (Å²) < 4.78 is 5.69. The number of hydrogen-bond acceptors (Lipinski definition) is 2. The van der Waals surface area contributed by atoms with Gasteiger partial charge in [-0.25, -0.2) is 0 Å². The molecule has 0 aliphatic carbocycles. The molecule has 1 unspecified atom stereocenters. The Hall–Kier alpha value is -1.80. The average Bonchev–Trinajstić information content (AvgIpc) is 2.46. The lowest BCUT2D eigenvalue weighted by atomic mass is 10.0. The summed E-state index contributed by atoms with van der Waals surface area (Å²) in [6.07, 6.45) is 1.03. The van der Waals surface area contributed by atoms with Crippen LogP contribution in [0, 0.1) is 0 Å². The zero-order chi connectivity index (χ0) is 13.5. The van der Waals surface area contributed by atoms with E-state index < -0.39 is 6.10 Å². The third kappa shape index (κ3) is 3.83. The molecule has 1 atom stereocenters. The second kappa shape index (κ2) is 6.95. The topological polar surface area (TPSA) is 29.5 Å². The van der Waals surface area contributed by atoms with E-state index in [1.54, 1.807) is 0 Å². The van der Waals surface area contributed by atoms with Gasteiger partial charge in [-0.05, 0) is 18.1 Å². The Labute approximate surface area is 114 Å². The van der Waals surface area contributed by atoms with Crippen LogP contribution in [0.5, 0.6) is 5.75 Å². The minimum absolute atomic E-state index is 0.532. The summed E-state index contributed by atoms with van der Waals surface area (Å²) in [5.74, 6) is 0.785. The predicted octanol–water partition coefficient (Wildman–Crippen LogP) is 3.75. The van der Waals surface area contributed by atoms with Crippen molar-refractivity contribution in [2.45, 2.75) is 25.9 Å². The van der Waals surface area contributed by atoms with Crippen molar-refractivity contribution >= 4 is 0 Å². The fraction of sp³-hybridized carbons (Fsp3) is 0.294. The number of rotatable bonds is 6. The van der Waals surface area contributed by atoms with Crippen molar-refractivity contribution in [2.24, 2.45) is 0 Å². The van der Waals surface area contributed by atoms with Crippen molar-refractivity contribution in [3.63, 3.8) is 0 Å². The van der Waals surface area contributed by atoms with E-state index in [1.165, 1.54) is 0 Å². The maximum atomic E-state index is 10.4. The smallest absolute Gasteiger partial charge is 0.125 e. The van der Waals surface area contributed by atoms with Gasteiger partial charge in [0.1, 0.15) is 5.75 Å². The lowest BCUT2D eigenvalue weighted by Crippen LogP contribution is -2.06. The monoisotopic (exact) mass is 256 g/mol. The zero-order valence-corrected chi connectivity index (χ0v) is 11.3. The molecule has 0 saturated heterocycles. The van der Waals surface area contributed by atoms with E-state index in [0.29, 0.717) is 13.0 Å². The molecule has 0 saturated carbocycles. The first-order valence-corrected chi connectivity index (χ1v) is 6.75. The van der Waals surface area contributed by atoms with Gasteiger partial charge in [0.05, 0.1) is 12.7 Å². The van der Waals surface area contributed by atoms with Crippen LogP contribution in [0.3, 0.4) is 0 Å². The summed E-state index contributed by atoms with van der Waals surface area (Å²) in [4.78, 5) is 0. The maximum absolute atomic E-state index is 10.4. The van der Waals surface area contributed by atoms with Gasteiger partial charge in [-0.15, -0.1) is 0 Å². The van der Waals surface area contributed by atoms with Crippen molar-refractivity contribution in [3.05, 3.63) is 65.7 Å². The first-order valence-electron chi connectivity index (χ1n) is 6.75. The molecule has 0 amide bonds. The minimum Gasteiger partial charge on any atom is -0.493 e. The van der Waals surface area contributed by atoms with Gasteiger partial charge in [-0.1, -0.05) is 55.5 Å². The molecule has 2 rings (SSSR count). The van der Waals surface area contributed by atoms with Gasteiger partial charge in [0.2, 0.25) is 0 Å². The van der Waals surface area contributed by atoms with E-state index in [2.05, 4.69) is 6.92 Å². The molecule has 2 heteroatoms. The van der Waals surface area contributed by atoms with Gasteiger partial charge in [0.15, 0.2) is 0 Å². The highest BCUT2D eigenvalue weighted by Crippen LogP contribution is 2.27. The first kappa shape index (κ1) is 13.6. The molecule has 19 heavy (non-hydrogen) atoms. The third-order valence-corrected chi connectivity index (χ3v) is 3.01. The number of benzene rings is 2. The van der Waals surface area contributed by atoms with Crippen LogP contribution in [-0.4, -0.2) is 11.7 Å². The maximum Gasteiger partial charge on any atom is 0.125 e. The SMILES string of the molecule is CCCOc1ccccc1C(O)Cc1ccccc1. The highest BCUT2D eigenvalue weighted by molar-refractivity contribution is 5.36. The molecule has 1 N–H and O–H groups in total. The molecule has 0 aromatic heterocycles. The lowest BCUT2D eigenvalue weighted by molar-refractivity contribution is 0.171. The molecular formula is C17H20O2. The number of para-hydroxylation sites is 1. The molecule has 0 radical (unpaired) electrons. The largest absolute Gasteiger partial charge is 0.493 e. The lowest BCUT2D eigenvalue weighted by Gasteiger charge is -2.16. The van der Waals surface area contributed by atoms with Crippen LogP contribution in [-0.2, 0) is 6.42 Å². The summed E-state index contributed by atoms with van der Waals surface area (Å²) in [6.45, 7) is 2.75. The van der Waals surface area contributed by atoms with E-state index in [9.17, 15) is 5.11 Å². The summed E-state index contributed by atoms with van der Waals surface area (Å²) in [7, 11) is 0. The fourth-order valence-corrected chi connectivity index (χ4v) is 2.05. The molecular weight excluding hydrogens is 236 g/mol. The van der Waals surface area contributed by atoms with E-state index in [-0.39, 0.29) is 0 Å². The number of aliphatic hydroxyl groups excluding tert-OH is 1. The molecule has 2 nitrogen and oxygen atoms in total. The minimum atomic E-state index is -0.532. The molecule has 0 aliphatic rings. The van der Waals surface area contributed by atoms with E-state index >= 15 is 0 Å². The van der Waals surface area contributed by atoms with Crippen LogP contribution in [0.15, 0.2) is 54.6 Å². The summed E-state index contributed by atoms with van der Waals surface area (Å²) in [5.41, 5.74) is 1.99. The van der Waals surface area contributed by atoms with Crippen LogP contribution >= 0.6 is 0 Å². The zero-order valence-electron chi connectivity index (χ0n) is 11.3. The van der Waals surface area contributed by atoms with Gasteiger partial charge in [0, 0.05) is 12.0 Å². The quantitative estimate of drug-likeness (QED) is 0.853. The Morgan fingerprint density at radius 3 is 2.42 bits per heavy atom. The predicted molar refractivity (Wildman–Crippen MR) is 77.3 cm³/mol. The van der Waals surface area contributed by atoms with Gasteiger partial charge in [-0.3, -0.25) is 0 Å². The van der Waals surface area contributed by atoms with Gasteiger partial charge < -0.3 is 9.84 Å². The highest BCUT2D eigenvalue weighted by Gasteiger charge is 2.13. The molecule has 2 aromatic carbocycles. The fourth-order valence-electron chi connectivity index (χ4n) is 2.05. The second-order valence-electron chi connectivity index (χ2n) is 4.59. The molecule has 0 bridgehead atoms. The Morgan fingerprint density at radius 2 is 1.68 bits per heavy atom. The van der Waals surface area contributed by atoms with Crippen molar-refractivity contribution in [3.8, 4) is 5.75 Å². The van der Waals surface area contributed by atoms with Crippen LogP contribution < -0.4 is 4.74 Å². The molecule has 0 heterocycles. The van der Waals surface area contributed by atoms with Crippen LogP contribution in [0.25, 0.3) is 0 Å². The van der Waals surface area contributed by atoms with Gasteiger partial charge >= 0.3 is 0 Å². The Balaban J connectivity index is 2.12. The molecule has 2 aromatic rings. The second-order valence-corrected chi connectivity index (χ2v) is 4.59. The number of aliphatic hydroxyl groups is 1. The van der Waals surface area contributed by atoms with Crippen molar-refractivity contribution < 1.29 is 9.84 Å². The molecule has 0 aliphatic heterocycles. The Morgan fingerprint density at radius 1 is 1.00 bits per heavy atom. The van der Waals surface area contributed by atoms with E-state index in [4.69, 9.17) is 4.74 Å². The van der Waals surface area contributed by atoms with Crippen molar-refractivity contribution in [1.29, 1.82) is 0 Å². The van der Waals surface area contributed by atoms with Crippen molar-refractivity contribution in [1.82, 2.24) is 0 Å². The van der Waals surface area contributed by atoms with Crippen molar-refractivity contribution in [2.75, 3.05) is 6.61 Å². The van der Waals surface area contributed by atoms with Crippen LogP contribution in [0.1, 0.15) is 30.6 Å². The number of ether oxygens (including phenoxy) is 1. The summed E-state index contributed by atoms with van der Waals surface area (Å²) in [5, 5.41) is 10.4.